The molecule has 4 aromatic rings. The van der Waals surface area contributed by atoms with Gasteiger partial charge in [0.25, 0.3) is 0 Å². The third kappa shape index (κ3) is 4.51. The van der Waals surface area contributed by atoms with E-state index >= 15 is 0 Å². The van der Waals surface area contributed by atoms with Gasteiger partial charge in [-0.25, -0.2) is 14.2 Å². The summed E-state index contributed by atoms with van der Waals surface area (Å²) in [6, 6.07) is 15.3. The molecule has 0 atom stereocenters. The van der Waals surface area contributed by atoms with Crippen molar-refractivity contribution >= 4 is 28.6 Å². The molecule has 0 bridgehead atoms. The summed E-state index contributed by atoms with van der Waals surface area (Å²) in [5.41, 5.74) is 2.51. The van der Waals surface area contributed by atoms with Crippen LogP contribution in [-0.4, -0.2) is 42.6 Å². The molecule has 0 saturated heterocycles. The van der Waals surface area contributed by atoms with Crippen LogP contribution in [0.1, 0.15) is 56.8 Å². The standard InChI is InChI=1S/C28H31N5O3/c1-18(2)33(27(34)20-10-8-19(3)9-11-20)26-24(28(35)36)17-32(30-26)23-14-12-22(13-15-23)31-16-21-6-4-5-7-25(21)29-31/h4-7,12-20H,8-11H2,1-3H3,(H,35,36). The lowest BCUT2D eigenvalue weighted by Gasteiger charge is -2.32. The molecule has 8 nitrogen and oxygen atoms in total. The van der Waals surface area contributed by atoms with E-state index in [4.69, 9.17) is 0 Å². The van der Waals surface area contributed by atoms with E-state index < -0.39 is 5.97 Å². The summed E-state index contributed by atoms with van der Waals surface area (Å²) >= 11 is 0. The highest BCUT2D eigenvalue weighted by molar-refractivity contribution is 6.01. The van der Waals surface area contributed by atoms with Gasteiger partial charge in [0, 0.05) is 29.7 Å². The minimum absolute atomic E-state index is 0.0172. The Balaban J connectivity index is 1.46. The fourth-order valence-electron chi connectivity index (χ4n) is 4.99. The van der Waals surface area contributed by atoms with Crippen molar-refractivity contribution in [1.82, 2.24) is 19.6 Å². The molecule has 0 unspecified atom stereocenters. The molecule has 1 fully saturated rings. The Morgan fingerprint density at radius 2 is 1.53 bits per heavy atom. The van der Waals surface area contributed by atoms with Crippen molar-refractivity contribution in [2.24, 2.45) is 11.8 Å². The minimum atomic E-state index is -1.10. The predicted octanol–water partition coefficient (Wildman–Crippen LogP) is 5.48. The number of benzene rings is 2. The lowest BCUT2D eigenvalue weighted by molar-refractivity contribution is -0.123. The second-order valence-electron chi connectivity index (χ2n) is 10.0. The van der Waals surface area contributed by atoms with Gasteiger partial charge in [0.05, 0.1) is 16.9 Å². The molecule has 1 saturated carbocycles. The van der Waals surface area contributed by atoms with Gasteiger partial charge in [0.2, 0.25) is 5.91 Å². The van der Waals surface area contributed by atoms with Crippen LogP contribution in [0, 0.1) is 11.8 Å². The summed E-state index contributed by atoms with van der Waals surface area (Å²) in [5, 5.41) is 20.2. The molecule has 8 heteroatoms. The second kappa shape index (κ2) is 9.60. The number of carboxylic acids is 1. The van der Waals surface area contributed by atoms with E-state index in [1.807, 2.05) is 73.3 Å². The van der Waals surface area contributed by atoms with Crippen LogP contribution in [-0.2, 0) is 4.79 Å². The maximum Gasteiger partial charge on any atom is 0.341 e. The first kappa shape index (κ1) is 23.8. The Hall–Kier alpha value is -3.94. The van der Waals surface area contributed by atoms with Crippen molar-refractivity contribution in [1.29, 1.82) is 0 Å². The SMILES string of the molecule is CC1CCC(C(=O)N(c2nn(-c3ccc(-n4cc5ccccc5n4)cc3)cc2C(=O)O)C(C)C)CC1. The zero-order valence-corrected chi connectivity index (χ0v) is 20.8. The maximum atomic E-state index is 13.5. The maximum absolute atomic E-state index is 13.5. The lowest BCUT2D eigenvalue weighted by Crippen LogP contribution is -2.43. The summed E-state index contributed by atoms with van der Waals surface area (Å²) in [4.78, 5) is 27.2. The summed E-state index contributed by atoms with van der Waals surface area (Å²) in [7, 11) is 0. The van der Waals surface area contributed by atoms with Gasteiger partial charge in [-0.05, 0) is 75.8 Å². The number of carbonyl (C=O) groups is 2. The molecule has 0 aliphatic heterocycles. The number of nitrogens with zero attached hydrogens (tertiary/aromatic N) is 5. The van der Waals surface area contributed by atoms with Gasteiger partial charge in [0.15, 0.2) is 5.82 Å². The summed E-state index contributed by atoms with van der Waals surface area (Å²) in [6.07, 6.45) is 7.14. The van der Waals surface area contributed by atoms with E-state index in [2.05, 4.69) is 17.1 Å². The molecular weight excluding hydrogens is 454 g/mol. The summed E-state index contributed by atoms with van der Waals surface area (Å²) < 4.78 is 3.35. The van der Waals surface area contributed by atoms with E-state index in [1.165, 1.54) is 10.9 Å². The molecule has 36 heavy (non-hydrogen) atoms. The Bertz CT molecular complexity index is 1360. The van der Waals surface area contributed by atoms with E-state index in [1.54, 1.807) is 4.90 Å². The quantitative estimate of drug-likeness (QED) is 0.390. The number of carbonyl (C=O) groups excluding carboxylic acids is 1. The van der Waals surface area contributed by atoms with Crippen molar-refractivity contribution in [3.63, 3.8) is 0 Å². The fraction of sp³-hybridized carbons (Fsp3) is 0.357. The third-order valence-corrected chi connectivity index (χ3v) is 7.06. The van der Waals surface area contributed by atoms with E-state index in [9.17, 15) is 14.7 Å². The number of amides is 1. The van der Waals surface area contributed by atoms with Gasteiger partial charge in [-0.3, -0.25) is 9.69 Å². The molecule has 0 spiro atoms. The topological polar surface area (TPSA) is 93.3 Å². The van der Waals surface area contributed by atoms with Gasteiger partial charge in [-0.1, -0.05) is 25.1 Å². The van der Waals surface area contributed by atoms with Crippen molar-refractivity contribution in [3.05, 3.63) is 66.5 Å². The van der Waals surface area contributed by atoms with Crippen LogP contribution in [0.2, 0.25) is 0 Å². The highest BCUT2D eigenvalue weighted by Crippen LogP contribution is 2.33. The zero-order chi connectivity index (χ0) is 25.4. The van der Waals surface area contributed by atoms with Gasteiger partial charge in [0.1, 0.15) is 5.56 Å². The number of anilines is 1. The smallest absolute Gasteiger partial charge is 0.341 e. The fourth-order valence-corrected chi connectivity index (χ4v) is 4.99. The summed E-state index contributed by atoms with van der Waals surface area (Å²) in [5.74, 6) is -0.418. The van der Waals surface area contributed by atoms with E-state index in [0.717, 1.165) is 42.3 Å². The molecule has 186 valence electrons. The van der Waals surface area contributed by atoms with Gasteiger partial charge >= 0.3 is 5.97 Å². The number of aromatic nitrogens is 4. The first-order chi connectivity index (χ1) is 17.3. The number of hydrogen-bond acceptors (Lipinski definition) is 4. The average molecular weight is 486 g/mol. The lowest BCUT2D eigenvalue weighted by atomic mass is 9.82. The number of aromatic carboxylic acids is 1. The molecule has 2 heterocycles. The van der Waals surface area contributed by atoms with Crippen LogP contribution in [0.5, 0.6) is 0 Å². The van der Waals surface area contributed by atoms with Crippen molar-refractivity contribution in [2.45, 2.75) is 52.5 Å². The van der Waals surface area contributed by atoms with Crippen molar-refractivity contribution < 1.29 is 14.7 Å². The molecule has 5 rings (SSSR count). The normalized spacial score (nSPS) is 18.0. The molecule has 2 aromatic carbocycles. The Morgan fingerprint density at radius 3 is 2.11 bits per heavy atom. The third-order valence-electron chi connectivity index (χ3n) is 7.06. The predicted molar refractivity (Wildman–Crippen MR) is 139 cm³/mol. The van der Waals surface area contributed by atoms with Crippen LogP contribution in [0.3, 0.4) is 0 Å². The van der Waals surface area contributed by atoms with Crippen molar-refractivity contribution in [3.8, 4) is 11.4 Å². The van der Waals surface area contributed by atoms with Crippen molar-refractivity contribution in [2.75, 3.05) is 4.90 Å². The average Bonchev–Trinajstić information content (AvgIpc) is 3.49. The zero-order valence-electron chi connectivity index (χ0n) is 20.8. The monoisotopic (exact) mass is 485 g/mol. The van der Waals surface area contributed by atoms with Gasteiger partial charge in [-0.2, -0.15) is 5.10 Å². The molecule has 1 aliphatic rings. The second-order valence-corrected chi connectivity index (χ2v) is 10.0. The highest BCUT2D eigenvalue weighted by atomic mass is 16.4. The van der Waals surface area contributed by atoms with Crippen LogP contribution in [0.4, 0.5) is 5.82 Å². The Morgan fingerprint density at radius 1 is 0.917 bits per heavy atom. The van der Waals surface area contributed by atoms with Crippen LogP contribution in [0.15, 0.2) is 60.9 Å². The van der Waals surface area contributed by atoms with E-state index in [-0.39, 0.29) is 29.2 Å². The van der Waals surface area contributed by atoms with Crippen LogP contribution in [0.25, 0.3) is 22.3 Å². The number of fused-ring (bicyclic) bond motifs is 1. The van der Waals surface area contributed by atoms with Gasteiger partial charge < -0.3 is 5.11 Å². The highest BCUT2D eigenvalue weighted by Gasteiger charge is 2.34. The largest absolute Gasteiger partial charge is 0.477 e. The molecule has 1 aliphatic carbocycles. The minimum Gasteiger partial charge on any atom is -0.477 e. The summed E-state index contributed by atoms with van der Waals surface area (Å²) in [6.45, 7) is 6.01. The first-order valence-corrected chi connectivity index (χ1v) is 12.5. The van der Waals surface area contributed by atoms with Crippen LogP contribution >= 0.6 is 0 Å². The Kier molecular flexibility index (Phi) is 6.35. The Labute approximate surface area is 210 Å². The first-order valence-electron chi connectivity index (χ1n) is 12.5. The van der Waals surface area contributed by atoms with Gasteiger partial charge in [-0.15, -0.1) is 5.10 Å². The number of rotatable bonds is 6. The molecular formula is C28H31N5O3. The number of carboxylic acid groups (broad SMARTS) is 1. The molecule has 2 aromatic heterocycles. The molecule has 0 radical (unpaired) electrons. The molecule has 1 amide bonds. The van der Waals surface area contributed by atoms with E-state index in [0.29, 0.717) is 11.6 Å². The van der Waals surface area contributed by atoms with Crippen LogP contribution < -0.4 is 4.90 Å². The molecule has 1 N–H and O–H groups in total. The number of hydrogen-bond donors (Lipinski definition) is 1.